The van der Waals surface area contributed by atoms with E-state index in [1.54, 1.807) is 6.07 Å². The molecule has 0 N–H and O–H groups in total. The van der Waals surface area contributed by atoms with Crippen molar-refractivity contribution >= 4 is 49.2 Å². The first-order chi connectivity index (χ1) is 22.0. The van der Waals surface area contributed by atoms with E-state index in [-0.39, 0.29) is 25.9 Å². The monoisotopic (exact) mass is 868 g/mol. The summed E-state index contributed by atoms with van der Waals surface area (Å²) >= 11 is -0.536. The van der Waals surface area contributed by atoms with Crippen LogP contribution in [0.2, 0.25) is 17.3 Å². The Morgan fingerprint density at radius 1 is 0.935 bits per heavy atom. The maximum atomic E-state index is 14.1. The molecule has 6 heteroatoms. The molecule has 0 spiro atoms. The molecular weight excluding hydrogens is 824 g/mol. The van der Waals surface area contributed by atoms with Gasteiger partial charge in [0.1, 0.15) is 5.82 Å². The van der Waals surface area contributed by atoms with Gasteiger partial charge in [0.05, 0.1) is 4.70 Å². The van der Waals surface area contributed by atoms with Gasteiger partial charge in [-0.15, -0.1) is 23.8 Å². The van der Waals surface area contributed by atoms with Crippen LogP contribution in [0.1, 0.15) is 57.9 Å². The minimum Gasteiger partial charge on any atom is 0 e. The van der Waals surface area contributed by atoms with Crippen LogP contribution in [0.3, 0.4) is 0 Å². The minimum absolute atomic E-state index is 0. The van der Waals surface area contributed by atoms with Crippen LogP contribution in [0.5, 0.6) is 0 Å². The van der Waals surface area contributed by atoms with Crippen molar-refractivity contribution in [1.29, 1.82) is 0 Å². The molecule has 0 bridgehead atoms. The van der Waals surface area contributed by atoms with Crippen molar-refractivity contribution in [3.8, 4) is 22.5 Å². The zero-order chi connectivity index (χ0) is 32.5. The summed E-state index contributed by atoms with van der Waals surface area (Å²) in [5, 5.41) is 2.06. The SMILES string of the molecule is Fc1cccc2c1sc1c[c-]c(-c3cc(CC4CCCC4)ccn3)cc12.[2H]C(C)(C)c1cc(-c2[c-]cccc2)nc[c]1[Ge]([CH3])([CH3])[CH3].[Ir]. The van der Waals surface area contributed by atoms with Crippen molar-refractivity contribution in [3.63, 3.8) is 0 Å². The van der Waals surface area contributed by atoms with Crippen molar-refractivity contribution in [2.45, 2.75) is 69.1 Å². The molecule has 1 saturated carbocycles. The van der Waals surface area contributed by atoms with Gasteiger partial charge in [-0.25, -0.2) is 4.39 Å². The standard InChI is InChI=1S/C23H19FNS.C17H22GeN.Ir/c24-20-7-3-6-18-19-14-17(8-9-22(19)26-23(18)20)21-13-16(10-11-25-21)12-15-4-1-2-5-15;1-13(2)15-11-17(14-9-7-6-8-10-14)19-12-16(15)18(3,4)5;/h3,6-7,9-11,13-15H,1-2,4-5,12H2;6-9,11-13H,1-5H3;/q2*-1;/i;13D;. The van der Waals surface area contributed by atoms with Crippen molar-refractivity contribution in [1.82, 2.24) is 9.97 Å². The molecule has 3 aromatic heterocycles. The molecule has 1 aliphatic carbocycles. The van der Waals surface area contributed by atoms with Crippen LogP contribution in [0.15, 0.2) is 85.2 Å². The zero-order valence-corrected chi connectivity index (χ0v) is 32.5. The number of pyridine rings is 2. The van der Waals surface area contributed by atoms with Crippen LogP contribution in [0, 0.1) is 23.9 Å². The summed E-state index contributed by atoms with van der Waals surface area (Å²) in [5.74, 6) is 7.12. The van der Waals surface area contributed by atoms with E-state index in [2.05, 4.69) is 63.6 Å². The van der Waals surface area contributed by atoms with E-state index >= 15 is 0 Å². The van der Waals surface area contributed by atoms with E-state index in [1.807, 2.05) is 62.6 Å². The number of thiophene rings is 1. The van der Waals surface area contributed by atoms with Crippen LogP contribution < -0.4 is 4.40 Å². The number of rotatable bonds is 6. The fourth-order valence-electron chi connectivity index (χ4n) is 6.32. The first kappa shape index (κ1) is 33.2. The van der Waals surface area contributed by atoms with E-state index in [0.717, 1.165) is 60.6 Å². The molecule has 46 heavy (non-hydrogen) atoms. The van der Waals surface area contributed by atoms with Crippen LogP contribution >= 0.6 is 11.3 Å². The fraction of sp³-hybridized carbons (Fsp3) is 0.300. The first-order valence-corrected chi connectivity index (χ1v) is 24.1. The van der Waals surface area contributed by atoms with Crippen LogP contribution in [0.4, 0.5) is 4.39 Å². The number of hydrogen-bond donors (Lipinski definition) is 0. The van der Waals surface area contributed by atoms with Gasteiger partial charge in [0, 0.05) is 26.3 Å². The third kappa shape index (κ3) is 7.87. The van der Waals surface area contributed by atoms with Gasteiger partial charge in [-0.1, -0.05) is 54.8 Å². The van der Waals surface area contributed by atoms with Gasteiger partial charge in [-0.2, -0.15) is 11.3 Å². The number of halogens is 1. The second-order valence-corrected chi connectivity index (χ2v) is 25.0. The predicted molar refractivity (Wildman–Crippen MR) is 193 cm³/mol. The number of nitrogens with zero attached hydrogens (tertiary/aromatic N) is 2. The first-order valence-electron chi connectivity index (χ1n) is 16.4. The second kappa shape index (κ2) is 15.0. The van der Waals surface area contributed by atoms with Crippen LogP contribution in [-0.4, -0.2) is 23.2 Å². The van der Waals surface area contributed by atoms with E-state index in [4.69, 9.17) is 1.37 Å². The van der Waals surface area contributed by atoms with E-state index < -0.39 is 19.2 Å². The minimum atomic E-state index is -2.03. The quantitative estimate of drug-likeness (QED) is 0.123. The van der Waals surface area contributed by atoms with Gasteiger partial charge in [0.15, 0.2) is 0 Å². The largest absolute Gasteiger partial charge is 0 e. The Balaban J connectivity index is 0.000000188. The Bertz CT molecular complexity index is 1970. The summed E-state index contributed by atoms with van der Waals surface area (Å²) in [6, 6.07) is 30.2. The molecule has 239 valence electrons. The third-order valence-corrected chi connectivity index (χ3v) is 14.1. The smallest absolute Gasteiger partial charge is 0 e. The Hall–Kier alpha value is -2.70. The summed E-state index contributed by atoms with van der Waals surface area (Å²) in [6.45, 7) is 3.91. The maximum Gasteiger partial charge on any atom is 0 e. The molecule has 0 saturated heterocycles. The number of fused-ring (bicyclic) bond motifs is 3. The van der Waals surface area contributed by atoms with Crippen LogP contribution in [0.25, 0.3) is 42.7 Å². The molecule has 1 aliphatic rings. The Labute approximate surface area is 295 Å². The number of benzene rings is 3. The predicted octanol–water partition coefficient (Wildman–Crippen LogP) is 11.0. The topological polar surface area (TPSA) is 25.8 Å². The number of aromatic nitrogens is 2. The number of hydrogen-bond acceptors (Lipinski definition) is 3. The molecule has 3 aromatic carbocycles. The molecule has 6 aromatic rings. The average molecular weight is 867 g/mol. The normalized spacial score (nSPS) is 14.1. The molecule has 7 rings (SSSR count). The van der Waals surface area contributed by atoms with Gasteiger partial charge in [-0.3, -0.25) is 0 Å². The second-order valence-electron chi connectivity index (χ2n) is 13.4. The van der Waals surface area contributed by atoms with Gasteiger partial charge >= 0.3 is 120 Å². The van der Waals surface area contributed by atoms with Crippen molar-refractivity contribution in [3.05, 3.63) is 114 Å². The van der Waals surface area contributed by atoms with Crippen molar-refractivity contribution in [2.75, 3.05) is 0 Å². The molecule has 1 fully saturated rings. The van der Waals surface area contributed by atoms with Gasteiger partial charge < -0.3 is 4.98 Å². The molecule has 0 unspecified atom stereocenters. The molecule has 0 amide bonds. The van der Waals surface area contributed by atoms with Gasteiger partial charge in [0.25, 0.3) is 0 Å². The fourth-order valence-corrected chi connectivity index (χ4v) is 10.7. The van der Waals surface area contributed by atoms with E-state index in [0.29, 0.717) is 0 Å². The van der Waals surface area contributed by atoms with Gasteiger partial charge in [0.2, 0.25) is 0 Å². The average Bonchev–Trinajstić information content (AvgIpc) is 3.69. The summed E-state index contributed by atoms with van der Waals surface area (Å²) < 4.78 is 25.6. The Kier molecular flexibility index (Phi) is 10.8. The van der Waals surface area contributed by atoms with Crippen LogP contribution in [-0.2, 0) is 26.5 Å². The third-order valence-electron chi connectivity index (χ3n) is 8.72. The van der Waals surface area contributed by atoms with Crippen molar-refractivity contribution < 1.29 is 25.9 Å². The Morgan fingerprint density at radius 3 is 2.43 bits per heavy atom. The summed E-state index contributed by atoms with van der Waals surface area (Å²) in [4.78, 5) is 9.19. The molecule has 3 heterocycles. The zero-order valence-electron chi connectivity index (χ0n) is 28.2. The summed E-state index contributed by atoms with van der Waals surface area (Å²) in [5.41, 5.74) is 6.32. The molecule has 2 nitrogen and oxygen atoms in total. The maximum absolute atomic E-state index is 14.1. The van der Waals surface area contributed by atoms with E-state index in [1.165, 1.54) is 53.0 Å². The molecule has 1 radical (unpaired) electrons. The summed E-state index contributed by atoms with van der Waals surface area (Å²) in [6.07, 6.45) is 10.5. The van der Waals surface area contributed by atoms with E-state index in [9.17, 15) is 4.39 Å². The van der Waals surface area contributed by atoms with Gasteiger partial charge in [-0.05, 0) is 40.3 Å². The molecular formula is C40H41FGeIrN2S-2. The Morgan fingerprint density at radius 2 is 1.72 bits per heavy atom. The van der Waals surface area contributed by atoms with Crippen molar-refractivity contribution in [2.24, 2.45) is 5.92 Å². The summed E-state index contributed by atoms with van der Waals surface area (Å²) in [7, 11) is 0. The molecule has 0 aliphatic heterocycles. The molecule has 0 atom stereocenters.